The minimum Gasteiger partial charge on any atom is -0.394 e. The van der Waals surface area contributed by atoms with Gasteiger partial charge in [-0.3, -0.25) is 4.52 Å². The summed E-state index contributed by atoms with van der Waals surface area (Å²) in [7, 11) is -4.65. The van der Waals surface area contributed by atoms with Crippen LogP contribution in [-0.4, -0.2) is 73.5 Å². The van der Waals surface area contributed by atoms with E-state index in [4.69, 9.17) is 30.2 Å². The maximum Gasteiger partial charge on any atom is 0.469 e. The molecule has 2 unspecified atom stereocenters. The Morgan fingerprint density at radius 1 is 0.656 bits per heavy atom. The molecule has 0 rings (SSSR count). The zero-order valence-corrected chi connectivity index (χ0v) is 20.7. The fraction of sp³-hybridized carbons (Fsp3) is 1.00. The summed E-state index contributed by atoms with van der Waals surface area (Å²) in [5.41, 5.74) is 0. The van der Waals surface area contributed by atoms with Crippen molar-refractivity contribution < 1.29 is 44.4 Å². The number of phosphoric ester groups is 1. The van der Waals surface area contributed by atoms with E-state index in [1.807, 2.05) is 0 Å². The van der Waals surface area contributed by atoms with Crippen LogP contribution in [0.2, 0.25) is 0 Å². The molecule has 0 saturated heterocycles. The van der Waals surface area contributed by atoms with E-state index in [-0.39, 0.29) is 13.2 Å². The number of aliphatic hydroxyl groups is 5. The fourth-order valence-corrected chi connectivity index (χ4v) is 3.81. The zero-order chi connectivity index (χ0) is 24.7. The minimum atomic E-state index is -4.65. The van der Waals surface area contributed by atoms with Gasteiger partial charge in [0.05, 0.1) is 25.9 Å². The van der Waals surface area contributed by atoms with Crippen LogP contribution in [0.3, 0.4) is 0 Å². The van der Waals surface area contributed by atoms with Gasteiger partial charge in [-0.05, 0) is 6.42 Å². The molecule has 0 aliphatic carbocycles. The van der Waals surface area contributed by atoms with Crippen LogP contribution in [0, 0.1) is 0 Å². The molecule has 0 aliphatic heterocycles. The van der Waals surface area contributed by atoms with E-state index in [1.54, 1.807) is 0 Å². The second kappa shape index (κ2) is 24.0. The zero-order valence-electron chi connectivity index (χ0n) is 19.9. The van der Waals surface area contributed by atoms with Crippen LogP contribution in [0.4, 0.5) is 0 Å². The van der Waals surface area contributed by atoms with Gasteiger partial charge in [-0.2, -0.15) is 0 Å². The standard InChI is InChI=1S/C19H41O6P.C3H8O3/c1-2-3-4-5-6-7-8-9-10-11-12-13-14-15-16-19(18(21)17-20)25-26(22,23)24;4-1-3(6)2-5/h18-21H,2-17H2,1H3,(H2,22,23,24);3-6H,1-2H2. The Hall–Kier alpha value is -0.0900. The second-order valence-electron chi connectivity index (χ2n) is 8.29. The molecule has 0 bridgehead atoms. The molecule has 2 atom stereocenters. The van der Waals surface area contributed by atoms with Gasteiger partial charge in [-0.15, -0.1) is 0 Å². The van der Waals surface area contributed by atoms with Gasteiger partial charge in [0.25, 0.3) is 0 Å². The summed E-state index contributed by atoms with van der Waals surface area (Å²) in [4.78, 5) is 17.7. The number of rotatable bonds is 21. The molecule has 0 fully saturated rings. The highest BCUT2D eigenvalue weighted by molar-refractivity contribution is 7.46. The molecule has 0 amide bonds. The summed E-state index contributed by atoms with van der Waals surface area (Å²) in [5.74, 6) is 0. The molecular weight excluding hydrogens is 439 g/mol. The maximum atomic E-state index is 10.9. The number of hydrogen-bond acceptors (Lipinski definition) is 7. The Labute approximate surface area is 194 Å². The molecule has 0 aliphatic rings. The van der Waals surface area contributed by atoms with Crippen molar-refractivity contribution in [1.82, 2.24) is 0 Å². The normalized spacial score (nSPS) is 13.7. The quantitative estimate of drug-likeness (QED) is 0.0948. The lowest BCUT2D eigenvalue weighted by Gasteiger charge is -2.21. The molecule has 10 heteroatoms. The molecule has 196 valence electrons. The lowest BCUT2D eigenvalue weighted by Crippen LogP contribution is -2.31. The van der Waals surface area contributed by atoms with Crippen molar-refractivity contribution in [2.45, 2.75) is 122 Å². The van der Waals surface area contributed by atoms with E-state index in [0.29, 0.717) is 6.42 Å². The Kier molecular flexibility index (Phi) is 25.6. The van der Waals surface area contributed by atoms with E-state index >= 15 is 0 Å². The molecule has 0 aromatic rings. The van der Waals surface area contributed by atoms with Crippen molar-refractivity contribution >= 4 is 7.82 Å². The van der Waals surface area contributed by atoms with Gasteiger partial charge in [0.1, 0.15) is 12.2 Å². The molecule has 0 aromatic carbocycles. The Balaban J connectivity index is 0. The van der Waals surface area contributed by atoms with Crippen LogP contribution in [0.1, 0.15) is 103 Å². The summed E-state index contributed by atoms with van der Waals surface area (Å²) in [5, 5.41) is 42.5. The minimum absolute atomic E-state index is 0.338. The van der Waals surface area contributed by atoms with Gasteiger partial charge in [0.2, 0.25) is 0 Å². The predicted octanol–water partition coefficient (Wildman–Crippen LogP) is 3.02. The first-order valence-electron chi connectivity index (χ1n) is 12.1. The molecule has 0 spiro atoms. The number of aliphatic hydroxyl groups excluding tert-OH is 5. The summed E-state index contributed by atoms with van der Waals surface area (Å²) < 4.78 is 15.4. The fourth-order valence-electron chi connectivity index (χ4n) is 3.21. The topological polar surface area (TPSA) is 168 Å². The molecular formula is C22H49O9P. The average molecular weight is 489 g/mol. The van der Waals surface area contributed by atoms with Crippen LogP contribution >= 0.6 is 7.82 Å². The van der Waals surface area contributed by atoms with Gasteiger partial charge in [0.15, 0.2) is 0 Å². The van der Waals surface area contributed by atoms with Crippen LogP contribution < -0.4 is 0 Å². The van der Waals surface area contributed by atoms with Crippen molar-refractivity contribution in [3.05, 3.63) is 0 Å². The van der Waals surface area contributed by atoms with Crippen LogP contribution in [0.15, 0.2) is 0 Å². The van der Waals surface area contributed by atoms with Gasteiger partial charge in [0, 0.05) is 0 Å². The summed E-state index contributed by atoms with van der Waals surface area (Å²) >= 11 is 0. The monoisotopic (exact) mass is 488 g/mol. The molecule has 0 radical (unpaired) electrons. The predicted molar refractivity (Wildman–Crippen MR) is 125 cm³/mol. The third-order valence-electron chi connectivity index (χ3n) is 5.15. The Morgan fingerprint density at radius 2 is 1.03 bits per heavy atom. The summed E-state index contributed by atoms with van der Waals surface area (Å²) in [6.45, 7) is 0.948. The third-order valence-corrected chi connectivity index (χ3v) is 5.70. The molecule has 0 heterocycles. The third kappa shape index (κ3) is 26.2. The van der Waals surface area contributed by atoms with Crippen molar-refractivity contribution in [3.8, 4) is 0 Å². The SMILES string of the molecule is CCCCCCCCCCCCCCCCC(OP(=O)(O)O)C(O)CO.OCC(O)CO. The van der Waals surface area contributed by atoms with Gasteiger partial charge in [-0.25, -0.2) is 4.57 Å². The summed E-state index contributed by atoms with van der Waals surface area (Å²) in [6.07, 6.45) is 14.4. The highest BCUT2D eigenvalue weighted by atomic mass is 31.2. The van der Waals surface area contributed by atoms with E-state index in [0.717, 1.165) is 19.3 Å². The van der Waals surface area contributed by atoms with E-state index in [2.05, 4.69) is 11.4 Å². The van der Waals surface area contributed by atoms with Gasteiger partial charge in [-0.1, -0.05) is 96.8 Å². The molecule has 7 N–H and O–H groups in total. The van der Waals surface area contributed by atoms with E-state index in [9.17, 15) is 9.67 Å². The van der Waals surface area contributed by atoms with Crippen LogP contribution in [0.5, 0.6) is 0 Å². The van der Waals surface area contributed by atoms with Gasteiger partial charge >= 0.3 is 7.82 Å². The highest BCUT2D eigenvalue weighted by Crippen LogP contribution is 2.39. The summed E-state index contributed by atoms with van der Waals surface area (Å²) in [6, 6.07) is 0. The van der Waals surface area contributed by atoms with Crippen molar-refractivity contribution in [1.29, 1.82) is 0 Å². The molecule has 32 heavy (non-hydrogen) atoms. The first-order chi connectivity index (χ1) is 15.2. The van der Waals surface area contributed by atoms with Crippen molar-refractivity contribution in [3.63, 3.8) is 0 Å². The lowest BCUT2D eigenvalue weighted by atomic mass is 10.0. The number of unbranched alkanes of at least 4 members (excludes halogenated alkanes) is 13. The smallest absolute Gasteiger partial charge is 0.394 e. The largest absolute Gasteiger partial charge is 0.469 e. The van der Waals surface area contributed by atoms with E-state index < -0.39 is 32.7 Å². The highest BCUT2D eigenvalue weighted by Gasteiger charge is 2.27. The second-order valence-corrected chi connectivity index (χ2v) is 9.48. The molecule has 0 aromatic heterocycles. The van der Waals surface area contributed by atoms with Crippen LogP contribution in [-0.2, 0) is 9.09 Å². The Morgan fingerprint density at radius 3 is 1.31 bits per heavy atom. The maximum absolute atomic E-state index is 10.9. The first-order valence-corrected chi connectivity index (χ1v) is 13.7. The molecule has 0 saturated carbocycles. The van der Waals surface area contributed by atoms with E-state index in [1.165, 1.54) is 70.6 Å². The van der Waals surface area contributed by atoms with Crippen molar-refractivity contribution in [2.75, 3.05) is 19.8 Å². The lowest BCUT2D eigenvalue weighted by molar-refractivity contribution is -0.0179. The molecule has 9 nitrogen and oxygen atoms in total. The number of hydrogen-bond donors (Lipinski definition) is 7. The number of phosphoric acid groups is 1. The first kappa shape index (κ1) is 34.1. The van der Waals surface area contributed by atoms with Gasteiger partial charge < -0.3 is 35.3 Å². The average Bonchev–Trinajstić information content (AvgIpc) is 2.76. The Bertz CT molecular complexity index is 416. The van der Waals surface area contributed by atoms with Crippen molar-refractivity contribution in [2.24, 2.45) is 0 Å². The van der Waals surface area contributed by atoms with Crippen LogP contribution in [0.25, 0.3) is 0 Å².